The first kappa shape index (κ1) is 24.8. The lowest BCUT2D eigenvalue weighted by Crippen LogP contribution is -2.61. The van der Waals surface area contributed by atoms with Gasteiger partial charge in [0.2, 0.25) is 5.91 Å². The number of anilines is 3. The van der Waals surface area contributed by atoms with Crippen molar-refractivity contribution in [2.45, 2.75) is 39.2 Å². The second-order valence-electron chi connectivity index (χ2n) is 10.9. The molecule has 3 aliphatic rings. The zero-order valence-corrected chi connectivity index (χ0v) is 22.5. The van der Waals surface area contributed by atoms with Crippen molar-refractivity contribution >= 4 is 33.2 Å². The van der Waals surface area contributed by atoms with Gasteiger partial charge in [-0.2, -0.15) is 5.10 Å². The van der Waals surface area contributed by atoms with Gasteiger partial charge in [0.1, 0.15) is 17.5 Å². The van der Waals surface area contributed by atoms with Crippen LogP contribution >= 0.6 is 0 Å². The zero-order valence-electron chi connectivity index (χ0n) is 21.7. The molecule has 0 bridgehead atoms. The van der Waals surface area contributed by atoms with E-state index in [-0.39, 0.29) is 28.9 Å². The standard InChI is InChI=1S/C26H32N8O3S/c1-18-3-7-27-22(11-18)29-23-12-24(33-16-26(17-33)5-8-32(9-6-26)19(2)35)31-25(30-23)20-13-28-34(14-20)21-4-10-38(36,37)15-21/h3,7,11-14,21H,4-6,8-10,15-17H2,1-2H3,(H,27,29,30,31). The van der Waals surface area contributed by atoms with Crippen LogP contribution in [0.2, 0.25) is 0 Å². The molecule has 3 fully saturated rings. The number of hydrogen-bond donors (Lipinski definition) is 1. The predicted octanol–water partition coefficient (Wildman–Crippen LogP) is 2.60. The molecule has 11 nitrogen and oxygen atoms in total. The van der Waals surface area contributed by atoms with Crippen molar-refractivity contribution in [2.75, 3.05) is 47.9 Å². The first-order chi connectivity index (χ1) is 18.2. The van der Waals surface area contributed by atoms with Crippen molar-refractivity contribution < 1.29 is 13.2 Å². The highest BCUT2D eigenvalue weighted by Gasteiger charge is 2.46. The third-order valence-corrected chi connectivity index (χ3v) is 9.72. The Kier molecular flexibility index (Phi) is 6.09. The van der Waals surface area contributed by atoms with Gasteiger partial charge in [-0.1, -0.05) is 0 Å². The summed E-state index contributed by atoms with van der Waals surface area (Å²) in [7, 11) is -3.02. The molecule has 1 amide bonds. The Morgan fingerprint density at radius 1 is 1.13 bits per heavy atom. The molecule has 1 atom stereocenters. The number of aromatic nitrogens is 5. The molecular weight excluding hydrogens is 504 g/mol. The molecule has 3 saturated heterocycles. The minimum absolute atomic E-state index is 0.109. The molecular formula is C26H32N8O3S. The number of rotatable bonds is 5. The van der Waals surface area contributed by atoms with Crippen LogP contribution < -0.4 is 10.2 Å². The Balaban J connectivity index is 1.26. The molecule has 3 aromatic heterocycles. The van der Waals surface area contributed by atoms with E-state index in [4.69, 9.17) is 9.97 Å². The minimum Gasteiger partial charge on any atom is -0.355 e. The maximum Gasteiger partial charge on any atom is 0.219 e. The fourth-order valence-corrected chi connectivity index (χ4v) is 7.40. The second kappa shape index (κ2) is 9.33. The van der Waals surface area contributed by atoms with Crippen LogP contribution in [0.4, 0.5) is 17.5 Å². The van der Waals surface area contributed by atoms with Gasteiger partial charge in [0, 0.05) is 57.0 Å². The average molecular weight is 537 g/mol. The third kappa shape index (κ3) is 4.96. The van der Waals surface area contributed by atoms with Crippen molar-refractivity contribution in [3.8, 4) is 11.4 Å². The van der Waals surface area contributed by atoms with Crippen LogP contribution in [0.1, 0.15) is 37.8 Å². The lowest BCUT2D eigenvalue weighted by atomic mass is 9.72. The summed E-state index contributed by atoms with van der Waals surface area (Å²) < 4.78 is 25.7. The van der Waals surface area contributed by atoms with Crippen LogP contribution in [0.25, 0.3) is 11.4 Å². The molecule has 1 spiro atoms. The molecule has 0 saturated carbocycles. The third-order valence-electron chi connectivity index (χ3n) is 7.97. The normalized spacial score (nSPS) is 21.9. The van der Waals surface area contributed by atoms with Gasteiger partial charge in [-0.05, 0) is 43.9 Å². The largest absolute Gasteiger partial charge is 0.355 e. The van der Waals surface area contributed by atoms with Crippen LogP contribution in [0, 0.1) is 12.3 Å². The molecule has 38 heavy (non-hydrogen) atoms. The number of hydrogen-bond acceptors (Lipinski definition) is 9. The molecule has 1 N–H and O–H groups in total. The second-order valence-corrected chi connectivity index (χ2v) is 13.1. The van der Waals surface area contributed by atoms with Crippen molar-refractivity contribution in [1.82, 2.24) is 29.6 Å². The zero-order chi connectivity index (χ0) is 26.5. The Bertz CT molecular complexity index is 1470. The van der Waals surface area contributed by atoms with E-state index in [0.717, 1.165) is 56.0 Å². The van der Waals surface area contributed by atoms with E-state index in [1.807, 2.05) is 36.2 Å². The summed E-state index contributed by atoms with van der Waals surface area (Å²) in [6.07, 6.45) is 7.86. The number of nitrogens with zero attached hydrogens (tertiary/aromatic N) is 7. The molecule has 6 heterocycles. The van der Waals surface area contributed by atoms with Crippen LogP contribution in [-0.4, -0.2) is 81.6 Å². The van der Waals surface area contributed by atoms with Gasteiger partial charge in [0.15, 0.2) is 15.7 Å². The SMILES string of the molecule is CC(=O)N1CCC2(CC1)CN(c1cc(Nc3cc(C)ccn3)nc(-c3cnn(C4CCS(=O)(=O)C4)c3)n1)C2. The summed E-state index contributed by atoms with van der Waals surface area (Å²) in [6.45, 7) is 7.03. The van der Waals surface area contributed by atoms with Gasteiger partial charge in [0.25, 0.3) is 0 Å². The van der Waals surface area contributed by atoms with Crippen molar-refractivity contribution in [3.63, 3.8) is 0 Å². The van der Waals surface area contributed by atoms with E-state index in [0.29, 0.717) is 23.9 Å². The monoisotopic (exact) mass is 536 g/mol. The Morgan fingerprint density at radius 3 is 2.61 bits per heavy atom. The molecule has 0 radical (unpaired) electrons. The number of aryl methyl sites for hydroxylation is 1. The Labute approximate surface area is 222 Å². The first-order valence-electron chi connectivity index (χ1n) is 13.0. The van der Waals surface area contributed by atoms with Crippen LogP contribution in [0.15, 0.2) is 36.8 Å². The summed E-state index contributed by atoms with van der Waals surface area (Å²) in [6, 6.07) is 5.68. The maximum absolute atomic E-state index is 12.0. The van der Waals surface area contributed by atoms with E-state index in [2.05, 4.69) is 20.3 Å². The number of amides is 1. The molecule has 12 heteroatoms. The number of piperidine rings is 1. The number of sulfone groups is 1. The smallest absolute Gasteiger partial charge is 0.219 e. The maximum atomic E-state index is 12.0. The van der Waals surface area contributed by atoms with Gasteiger partial charge in [0.05, 0.1) is 29.3 Å². The van der Waals surface area contributed by atoms with Gasteiger partial charge >= 0.3 is 0 Å². The molecule has 3 aliphatic heterocycles. The number of carbonyl (C=O) groups excluding carboxylic acids is 1. The Hall–Kier alpha value is -3.54. The first-order valence-corrected chi connectivity index (χ1v) is 14.8. The van der Waals surface area contributed by atoms with Crippen molar-refractivity contribution in [2.24, 2.45) is 5.41 Å². The number of carbonyl (C=O) groups is 1. The van der Waals surface area contributed by atoms with E-state index in [1.165, 1.54) is 0 Å². The highest BCUT2D eigenvalue weighted by Crippen LogP contribution is 2.43. The average Bonchev–Trinajstić information content (AvgIpc) is 3.49. The van der Waals surface area contributed by atoms with Crippen LogP contribution in [-0.2, 0) is 14.6 Å². The quantitative estimate of drug-likeness (QED) is 0.523. The topological polar surface area (TPSA) is 126 Å². The van der Waals surface area contributed by atoms with E-state index in [1.54, 1.807) is 24.0 Å². The summed E-state index contributed by atoms with van der Waals surface area (Å²) in [5.41, 5.74) is 2.04. The van der Waals surface area contributed by atoms with Crippen LogP contribution in [0.3, 0.4) is 0 Å². The molecule has 200 valence electrons. The van der Waals surface area contributed by atoms with E-state index >= 15 is 0 Å². The minimum atomic E-state index is -3.02. The number of likely N-dealkylation sites (tertiary alicyclic amines) is 1. The van der Waals surface area contributed by atoms with Gasteiger partial charge in [-0.25, -0.2) is 23.4 Å². The number of pyridine rings is 1. The fraction of sp³-hybridized carbons (Fsp3) is 0.500. The van der Waals surface area contributed by atoms with Gasteiger partial charge in [-0.3, -0.25) is 9.48 Å². The molecule has 6 rings (SSSR count). The van der Waals surface area contributed by atoms with Gasteiger partial charge in [-0.15, -0.1) is 0 Å². The predicted molar refractivity (Wildman–Crippen MR) is 144 cm³/mol. The Morgan fingerprint density at radius 2 is 1.92 bits per heavy atom. The highest BCUT2D eigenvalue weighted by atomic mass is 32.2. The summed E-state index contributed by atoms with van der Waals surface area (Å²) in [5, 5.41) is 7.78. The molecule has 3 aromatic rings. The highest BCUT2D eigenvalue weighted by molar-refractivity contribution is 7.91. The lowest BCUT2D eigenvalue weighted by Gasteiger charge is -2.54. The summed E-state index contributed by atoms with van der Waals surface area (Å²) >= 11 is 0. The number of nitrogens with one attached hydrogen (secondary N) is 1. The van der Waals surface area contributed by atoms with Gasteiger partial charge < -0.3 is 15.1 Å². The molecule has 1 unspecified atom stereocenters. The molecule has 0 aromatic carbocycles. The summed E-state index contributed by atoms with van der Waals surface area (Å²) in [5.74, 6) is 3.12. The van der Waals surface area contributed by atoms with Crippen molar-refractivity contribution in [3.05, 3.63) is 42.4 Å². The fourth-order valence-electron chi connectivity index (χ4n) is 5.70. The van der Waals surface area contributed by atoms with E-state index < -0.39 is 9.84 Å². The van der Waals surface area contributed by atoms with Crippen molar-refractivity contribution in [1.29, 1.82) is 0 Å². The summed E-state index contributed by atoms with van der Waals surface area (Å²) in [4.78, 5) is 30.0. The lowest BCUT2D eigenvalue weighted by molar-refractivity contribution is -0.131. The van der Waals surface area contributed by atoms with Crippen LogP contribution in [0.5, 0.6) is 0 Å². The van der Waals surface area contributed by atoms with E-state index in [9.17, 15) is 13.2 Å². The molecule has 0 aliphatic carbocycles.